The fourth-order valence-electron chi connectivity index (χ4n) is 1.79. The number of benzene rings is 1. The summed E-state index contributed by atoms with van der Waals surface area (Å²) in [5.74, 6) is 0.964. The monoisotopic (exact) mass is 200 g/mol. The number of hydrogen-bond donors (Lipinski definition) is 1. The van der Waals surface area contributed by atoms with Crippen LogP contribution >= 0.6 is 0 Å². The second-order valence-electron chi connectivity index (χ2n) is 3.87. The van der Waals surface area contributed by atoms with Crippen LogP contribution in [-0.2, 0) is 0 Å². The molecule has 0 bridgehead atoms. The van der Waals surface area contributed by atoms with E-state index in [1.165, 1.54) is 11.1 Å². The molecular weight excluding hydrogens is 184 g/mol. The zero-order chi connectivity index (χ0) is 10.8. The molecule has 2 rings (SSSR count). The first-order valence-corrected chi connectivity index (χ1v) is 5.34. The fraction of sp³-hybridized carbons (Fsp3) is 0.308. The van der Waals surface area contributed by atoms with Crippen molar-refractivity contribution in [2.75, 3.05) is 5.32 Å². The highest BCUT2D eigenvalue weighted by atomic mass is 15.0. The molecular formula is C13H16N2. The molecule has 0 atom stereocenters. The molecule has 1 aromatic rings. The van der Waals surface area contributed by atoms with Crippen LogP contribution in [0.4, 0.5) is 5.69 Å². The maximum atomic E-state index is 4.52. The molecule has 0 saturated heterocycles. The van der Waals surface area contributed by atoms with Crippen LogP contribution in [0.3, 0.4) is 0 Å². The average molecular weight is 200 g/mol. The number of aliphatic imine (C=N–C) groups is 1. The molecule has 1 N–H and O–H groups in total. The molecule has 0 spiro atoms. The lowest BCUT2D eigenvalue weighted by molar-refractivity contribution is 1.21. The summed E-state index contributed by atoms with van der Waals surface area (Å²) >= 11 is 0. The van der Waals surface area contributed by atoms with Gasteiger partial charge in [0.15, 0.2) is 0 Å². The highest BCUT2D eigenvalue weighted by molar-refractivity contribution is 6.03. The predicted molar refractivity (Wildman–Crippen MR) is 66.2 cm³/mol. The Balaban J connectivity index is 2.54. The van der Waals surface area contributed by atoms with E-state index >= 15 is 0 Å². The molecule has 0 amide bonds. The molecule has 0 aliphatic carbocycles. The lowest BCUT2D eigenvalue weighted by atomic mass is 10.0. The Kier molecular flexibility index (Phi) is 2.58. The van der Waals surface area contributed by atoms with Gasteiger partial charge in [0.05, 0.1) is 5.70 Å². The molecule has 0 saturated carbocycles. The van der Waals surface area contributed by atoms with E-state index in [1.54, 1.807) is 0 Å². The van der Waals surface area contributed by atoms with Gasteiger partial charge in [-0.15, -0.1) is 0 Å². The van der Waals surface area contributed by atoms with E-state index in [2.05, 4.69) is 48.4 Å². The lowest BCUT2D eigenvalue weighted by Crippen LogP contribution is -2.13. The van der Waals surface area contributed by atoms with Gasteiger partial charge in [0.2, 0.25) is 0 Å². The van der Waals surface area contributed by atoms with Crippen LogP contribution in [0.15, 0.2) is 29.3 Å². The zero-order valence-electron chi connectivity index (χ0n) is 9.46. The van der Waals surface area contributed by atoms with Gasteiger partial charge < -0.3 is 5.32 Å². The summed E-state index contributed by atoms with van der Waals surface area (Å²) in [6.45, 7) is 6.23. The van der Waals surface area contributed by atoms with E-state index in [9.17, 15) is 0 Å². The van der Waals surface area contributed by atoms with Crippen LogP contribution in [0.1, 0.15) is 31.4 Å². The Morgan fingerprint density at radius 3 is 2.87 bits per heavy atom. The van der Waals surface area contributed by atoms with Crippen LogP contribution < -0.4 is 5.32 Å². The SMILES string of the molecule is CC/C=C1\N=C(C)Nc2ccc(C)cc21. The number of fused-ring (bicyclic) bond motifs is 1. The third kappa shape index (κ3) is 1.94. The zero-order valence-corrected chi connectivity index (χ0v) is 9.46. The normalized spacial score (nSPS) is 17.0. The molecule has 0 unspecified atom stereocenters. The summed E-state index contributed by atoms with van der Waals surface area (Å²) < 4.78 is 0. The van der Waals surface area contributed by atoms with Crippen LogP contribution in [0, 0.1) is 6.92 Å². The number of hydrogen-bond acceptors (Lipinski definition) is 2. The van der Waals surface area contributed by atoms with Gasteiger partial charge in [0.25, 0.3) is 0 Å². The van der Waals surface area contributed by atoms with E-state index in [0.29, 0.717) is 0 Å². The van der Waals surface area contributed by atoms with Crippen molar-refractivity contribution in [3.63, 3.8) is 0 Å². The van der Waals surface area contributed by atoms with Crippen molar-refractivity contribution >= 4 is 17.2 Å². The second kappa shape index (κ2) is 3.89. The van der Waals surface area contributed by atoms with Gasteiger partial charge in [0.1, 0.15) is 5.84 Å². The molecule has 1 heterocycles. The minimum absolute atomic E-state index is 0.964. The highest BCUT2D eigenvalue weighted by Gasteiger charge is 2.12. The van der Waals surface area contributed by atoms with E-state index in [0.717, 1.165) is 23.6 Å². The van der Waals surface area contributed by atoms with Gasteiger partial charge in [-0.25, -0.2) is 4.99 Å². The van der Waals surface area contributed by atoms with Gasteiger partial charge in [-0.05, 0) is 32.4 Å². The average Bonchev–Trinajstić information content (AvgIpc) is 2.19. The van der Waals surface area contributed by atoms with Gasteiger partial charge in [-0.3, -0.25) is 0 Å². The molecule has 1 aliphatic rings. The number of aryl methyl sites for hydroxylation is 1. The van der Waals surface area contributed by atoms with Crippen molar-refractivity contribution in [3.8, 4) is 0 Å². The summed E-state index contributed by atoms with van der Waals surface area (Å²) in [6, 6.07) is 6.42. The second-order valence-corrected chi connectivity index (χ2v) is 3.87. The Labute approximate surface area is 90.7 Å². The van der Waals surface area contributed by atoms with Gasteiger partial charge in [-0.1, -0.05) is 24.6 Å². The van der Waals surface area contributed by atoms with E-state index in [-0.39, 0.29) is 0 Å². The number of allylic oxidation sites excluding steroid dienone is 1. The Morgan fingerprint density at radius 2 is 2.13 bits per heavy atom. The topological polar surface area (TPSA) is 24.4 Å². The van der Waals surface area contributed by atoms with Gasteiger partial charge in [0, 0.05) is 11.3 Å². The van der Waals surface area contributed by atoms with Crippen molar-refractivity contribution in [3.05, 3.63) is 35.4 Å². The molecule has 0 radical (unpaired) electrons. The number of anilines is 1. The van der Waals surface area contributed by atoms with Crippen molar-refractivity contribution in [2.45, 2.75) is 27.2 Å². The van der Waals surface area contributed by atoms with E-state index < -0.39 is 0 Å². The molecule has 15 heavy (non-hydrogen) atoms. The van der Waals surface area contributed by atoms with E-state index in [1.807, 2.05) is 6.92 Å². The maximum absolute atomic E-state index is 4.52. The standard InChI is InChI=1S/C13H16N2/c1-4-5-12-11-8-9(2)6-7-13(11)15-10(3)14-12/h5-8H,4H2,1-3H3,(H,14,15)/b12-5-. The quantitative estimate of drug-likeness (QED) is 0.736. The third-order valence-electron chi connectivity index (χ3n) is 2.45. The number of amidine groups is 1. The first-order valence-electron chi connectivity index (χ1n) is 5.34. The molecule has 78 valence electrons. The van der Waals surface area contributed by atoms with Gasteiger partial charge >= 0.3 is 0 Å². The molecule has 2 nitrogen and oxygen atoms in total. The summed E-state index contributed by atoms with van der Waals surface area (Å²) in [5.41, 5.74) is 4.73. The summed E-state index contributed by atoms with van der Waals surface area (Å²) in [7, 11) is 0. The molecule has 1 aromatic carbocycles. The van der Waals surface area contributed by atoms with Crippen LogP contribution in [0.5, 0.6) is 0 Å². The predicted octanol–water partition coefficient (Wildman–Crippen LogP) is 3.59. The van der Waals surface area contributed by atoms with Crippen molar-refractivity contribution in [1.29, 1.82) is 0 Å². The minimum Gasteiger partial charge on any atom is -0.343 e. The van der Waals surface area contributed by atoms with Crippen molar-refractivity contribution in [1.82, 2.24) is 0 Å². The Bertz CT molecular complexity index is 442. The maximum Gasteiger partial charge on any atom is 0.103 e. The van der Waals surface area contributed by atoms with Crippen LogP contribution in [0.2, 0.25) is 0 Å². The first kappa shape index (κ1) is 9.97. The lowest BCUT2D eigenvalue weighted by Gasteiger charge is -2.18. The van der Waals surface area contributed by atoms with Crippen molar-refractivity contribution in [2.24, 2.45) is 4.99 Å². The summed E-state index contributed by atoms with van der Waals surface area (Å²) in [4.78, 5) is 4.52. The highest BCUT2D eigenvalue weighted by Crippen LogP contribution is 2.30. The molecule has 1 aliphatic heterocycles. The smallest absolute Gasteiger partial charge is 0.103 e. The minimum atomic E-state index is 0.964. The Morgan fingerprint density at radius 1 is 1.33 bits per heavy atom. The third-order valence-corrected chi connectivity index (χ3v) is 2.45. The summed E-state index contributed by atoms with van der Waals surface area (Å²) in [5, 5.41) is 3.28. The number of rotatable bonds is 1. The summed E-state index contributed by atoms with van der Waals surface area (Å²) in [6.07, 6.45) is 3.18. The van der Waals surface area contributed by atoms with Crippen LogP contribution in [-0.4, -0.2) is 5.84 Å². The largest absolute Gasteiger partial charge is 0.343 e. The van der Waals surface area contributed by atoms with Crippen LogP contribution in [0.25, 0.3) is 5.70 Å². The molecule has 0 fully saturated rings. The number of nitrogens with zero attached hydrogens (tertiary/aromatic N) is 1. The molecule has 0 aromatic heterocycles. The van der Waals surface area contributed by atoms with Gasteiger partial charge in [-0.2, -0.15) is 0 Å². The van der Waals surface area contributed by atoms with Crippen molar-refractivity contribution < 1.29 is 0 Å². The first-order chi connectivity index (χ1) is 7.20. The van der Waals surface area contributed by atoms with E-state index in [4.69, 9.17) is 0 Å². The Hall–Kier alpha value is -1.57. The molecule has 2 heteroatoms. The fourth-order valence-corrected chi connectivity index (χ4v) is 1.79. The number of nitrogens with one attached hydrogen (secondary N) is 1.